The van der Waals surface area contributed by atoms with Gasteiger partial charge >= 0.3 is 5.97 Å². The summed E-state index contributed by atoms with van der Waals surface area (Å²) in [5.41, 5.74) is 2.38. The monoisotopic (exact) mass is 525 g/mol. The van der Waals surface area contributed by atoms with Crippen molar-refractivity contribution in [3.05, 3.63) is 48.0 Å². The molecule has 0 amide bonds. The van der Waals surface area contributed by atoms with Gasteiger partial charge in [-0.3, -0.25) is 14.6 Å². The fourth-order valence-corrected chi connectivity index (χ4v) is 5.94. The number of carbonyl (C=O) groups is 1. The number of piperidine rings is 1. The van der Waals surface area contributed by atoms with Crippen molar-refractivity contribution in [3.8, 4) is 17.2 Å². The first-order valence-electron chi connectivity index (χ1n) is 13.8. The van der Waals surface area contributed by atoms with Crippen molar-refractivity contribution in [3.63, 3.8) is 0 Å². The van der Waals surface area contributed by atoms with Crippen LogP contribution < -0.4 is 19.1 Å². The average Bonchev–Trinajstić information content (AvgIpc) is 2.96. The largest absolute Gasteiger partial charge is 0.495 e. The Hall–Kier alpha value is -2.97. The van der Waals surface area contributed by atoms with Crippen molar-refractivity contribution >= 4 is 11.7 Å². The normalized spacial score (nSPS) is 20.7. The summed E-state index contributed by atoms with van der Waals surface area (Å²) in [6.07, 6.45) is 2.39. The van der Waals surface area contributed by atoms with E-state index in [1.807, 2.05) is 25.1 Å². The summed E-state index contributed by atoms with van der Waals surface area (Å²) in [5, 5.41) is 0. The topological polar surface area (TPSA) is 63.7 Å². The Balaban J connectivity index is 1.41. The number of piperazine rings is 1. The van der Waals surface area contributed by atoms with Crippen molar-refractivity contribution < 1.29 is 23.7 Å². The second-order valence-electron chi connectivity index (χ2n) is 10.1. The Kier molecular flexibility index (Phi) is 10.1. The molecule has 8 heteroatoms. The summed E-state index contributed by atoms with van der Waals surface area (Å²) in [6, 6.07) is 14.9. The fraction of sp³-hybridized carbons (Fsp3) is 0.567. The van der Waals surface area contributed by atoms with Crippen LogP contribution in [0.2, 0.25) is 0 Å². The number of hydrogen-bond donors (Lipinski definition) is 0. The summed E-state index contributed by atoms with van der Waals surface area (Å²) >= 11 is 0. The first-order chi connectivity index (χ1) is 18.6. The second-order valence-corrected chi connectivity index (χ2v) is 10.1. The lowest BCUT2D eigenvalue weighted by Crippen LogP contribution is -2.56. The van der Waals surface area contributed by atoms with E-state index in [1.54, 1.807) is 14.2 Å². The van der Waals surface area contributed by atoms with Gasteiger partial charge in [0.05, 0.1) is 33.6 Å². The number of esters is 1. The van der Waals surface area contributed by atoms with Crippen molar-refractivity contribution in [2.24, 2.45) is 5.92 Å². The third-order valence-electron chi connectivity index (χ3n) is 7.87. The van der Waals surface area contributed by atoms with Crippen LogP contribution in [0.15, 0.2) is 42.5 Å². The molecule has 0 N–H and O–H groups in total. The minimum atomic E-state index is -0.127. The quantitative estimate of drug-likeness (QED) is 0.407. The van der Waals surface area contributed by atoms with Crippen molar-refractivity contribution in [2.45, 2.75) is 38.8 Å². The molecule has 0 saturated carbocycles. The summed E-state index contributed by atoms with van der Waals surface area (Å²) in [6.45, 7) is 9.39. The van der Waals surface area contributed by atoms with Gasteiger partial charge in [0, 0.05) is 51.7 Å². The van der Waals surface area contributed by atoms with Crippen molar-refractivity contribution in [1.29, 1.82) is 0 Å². The number of hydrogen-bond acceptors (Lipinski definition) is 8. The number of likely N-dealkylation sites (tertiary alicyclic amines) is 1. The lowest BCUT2D eigenvalue weighted by molar-refractivity contribution is -0.141. The molecule has 4 rings (SSSR count). The van der Waals surface area contributed by atoms with Crippen molar-refractivity contribution in [2.75, 3.05) is 72.1 Å². The van der Waals surface area contributed by atoms with Crippen LogP contribution in [0.3, 0.4) is 0 Å². The molecular formula is C30H43N3O5. The molecule has 2 heterocycles. The van der Waals surface area contributed by atoms with Gasteiger partial charge in [-0.05, 0) is 62.1 Å². The molecule has 8 nitrogen and oxygen atoms in total. The van der Waals surface area contributed by atoms with E-state index >= 15 is 0 Å². The Labute approximate surface area is 227 Å². The van der Waals surface area contributed by atoms with Crippen LogP contribution in [-0.2, 0) is 16.1 Å². The molecule has 38 heavy (non-hydrogen) atoms. The number of nitrogens with zero attached hydrogens (tertiary/aromatic N) is 3. The molecule has 2 aliphatic rings. The highest BCUT2D eigenvalue weighted by molar-refractivity contribution is 5.69. The van der Waals surface area contributed by atoms with E-state index in [2.05, 4.69) is 39.0 Å². The number of benzene rings is 2. The minimum Gasteiger partial charge on any atom is -0.495 e. The molecular weight excluding hydrogens is 482 g/mol. The number of para-hydroxylation sites is 2. The highest BCUT2D eigenvalue weighted by Crippen LogP contribution is 2.33. The molecule has 0 aliphatic carbocycles. The van der Waals surface area contributed by atoms with Gasteiger partial charge in [0.2, 0.25) is 0 Å². The minimum absolute atomic E-state index is 0.127. The number of methoxy groups -OCH3 is 3. The zero-order valence-electron chi connectivity index (χ0n) is 23.4. The maximum Gasteiger partial charge on any atom is 0.305 e. The molecule has 0 aromatic heterocycles. The van der Waals surface area contributed by atoms with Gasteiger partial charge in [-0.25, -0.2) is 0 Å². The third-order valence-corrected chi connectivity index (χ3v) is 7.87. The van der Waals surface area contributed by atoms with Crippen LogP contribution >= 0.6 is 0 Å². The Morgan fingerprint density at radius 1 is 0.921 bits per heavy atom. The van der Waals surface area contributed by atoms with E-state index in [4.69, 9.17) is 18.9 Å². The van der Waals surface area contributed by atoms with E-state index in [0.717, 1.165) is 81.6 Å². The highest BCUT2D eigenvalue weighted by atomic mass is 16.5. The maximum atomic E-state index is 12.0. The molecule has 2 fully saturated rings. The molecule has 0 radical (unpaired) electrons. The van der Waals surface area contributed by atoms with E-state index in [9.17, 15) is 4.79 Å². The zero-order chi connectivity index (χ0) is 26.9. The predicted octanol–water partition coefficient (Wildman–Crippen LogP) is 4.07. The van der Waals surface area contributed by atoms with Gasteiger partial charge < -0.3 is 23.8 Å². The van der Waals surface area contributed by atoms with Crippen LogP contribution in [0.1, 0.15) is 31.7 Å². The first kappa shape index (κ1) is 28.0. The molecule has 0 unspecified atom stereocenters. The average molecular weight is 526 g/mol. The van der Waals surface area contributed by atoms with E-state index in [0.29, 0.717) is 25.0 Å². The van der Waals surface area contributed by atoms with Gasteiger partial charge in [0.15, 0.2) is 11.5 Å². The Morgan fingerprint density at radius 3 is 2.39 bits per heavy atom. The van der Waals surface area contributed by atoms with Crippen LogP contribution in [0, 0.1) is 5.92 Å². The maximum absolute atomic E-state index is 12.0. The van der Waals surface area contributed by atoms with Crippen molar-refractivity contribution in [1.82, 2.24) is 9.80 Å². The van der Waals surface area contributed by atoms with Crippen LogP contribution in [-0.4, -0.2) is 89.0 Å². The van der Waals surface area contributed by atoms with Crippen LogP contribution in [0.4, 0.5) is 5.69 Å². The Morgan fingerprint density at radius 2 is 1.68 bits per heavy atom. The number of ether oxygens (including phenoxy) is 4. The van der Waals surface area contributed by atoms with E-state index in [1.165, 1.54) is 12.7 Å². The van der Waals surface area contributed by atoms with Gasteiger partial charge in [-0.15, -0.1) is 0 Å². The molecule has 2 atom stereocenters. The predicted molar refractivity (Wildman–Crippen MR) is 149 cm³/mol. The van der Waals surface area contributed by atoms with Crippen LogP contribution in [0.25, 0.3) is 0 Å². The lowest BCUT2D eigenvalue weighted by Gasteiger charge is -2.47. The smallest absolute Gasteiger partial charge is 0.305 e. The first-order valence-corrected chi connectivity index (χ1v) is 13.8. The third kappa shape index (κ3) is 6.91. The number of anilines is 1. The van der Waals surface area contributed by atoms with E-state index < -0.39 is 0 Å². The SMILES string of the molecule is CCOc1cc(CN2CC[C@@H](N3CCN(c4ccccc4OC)CC3)[C@@H](CCC(=O)OC)C2)ccc1OC. The van der Waals surface area contributed by atoms with E-state index in [-0.39, 0.29) is 5.97 Å². The summed E-state index contributed by atoms with van der Waals surface area (Å²) in [7, 11) is 4.88. The molecule has 2 aromatic rings. The fourth-order valence-electron chi connectivity index (χ4n) is 5.94. The Bertz CT molecular complexity index is 1040. The zero-order valence-corrected chi connectivity index (χ0v) is 23.4. The van der Waals surface area contributed by atoms with Crippen LogP contribution in [0.5, 0.6) is 17.2 Å². The molecule has 2 aliphatic heterocycles. The molecule has 2 saturated heterocycles. The summed E-state index contributed by atoms with van der Waals surface area (Å²) in [5.74, 6) is 2.76. The molecule has 208 valence electrons. The summed E-state index contributed by atoms with van der Waals surface area (Å²) < 4.78 is 21.8. The number of carbonyl (C=O) groups excluding carboxylic acids is 1. The summed E-state index contributed by atoms with van der Waals surface area (Å²) in [4.78, 5) is 19.6. The number of rotatable bonds is 11. The van der Waals surface area contributed by atoms with Gasteiger partial charge in [-0.1, -0.05) is 18.2 Å². The standard InChI is InChI=1S/C30H43N3O5/c1-5-38-29-20-23(10-12-28(29)36-3)21-31-15-14-25(24(22-31)11-13-30(34)37-4)32-16-18-33(19-17-32)26-8-6-7-9-27(26)35-2/h6-10,12,20,24-25H,5,11,13-19,21-22H2,1-4H3/t24-,25+/m0/s1. The van der Waals surface area contributed by atoms with Gasteiger partial charge in [-0.2, -0.15) is 0 Å². The molecule has 0 spiro atoms. The van der Waals surface area contributed by atoms with Gasteiger partial charge in [0.25, 0.3) is 0 Å². The second kappa shape index (κ2) is 13.7. The molecule has 2 aromatic carbocycles. The van der Waals surface area contributed by atoms with Gasteiger partial charge in [0.1, 0.15) is 5.75 Å². The molecule has 0 bridgehead atoms. The highest BCUT2D eigenvalue weighted by Gasteiger charge is 2.35. The lowest BCUT2D eigenvalue weighted by atomic mass is 9.86.